The van der Waals surface area contributed by atoms with Crippen LogP contribution in [0.15, 0.2) is 29.2 Å². The number of alkyl halides is 3. The molecule has 2 N–H and O–H groups in total. The zero-order valence-corrected chi connectivity index (χ0v) is 13.1. The van der Waals surface area contributed by atoms with E-state index in [1.807, 2.05) is 0 Å². The number of benzene rings is 1. The zero-order valence-electron chi connectivity index (χ0n) is 11.4. The van der Waals surface area contributed by atoms with E-state index >= 15 is 0 Å². The first-order valence-corrected chi connectivity index (χ1v) is 8.76. The molecule has 1 rings (SSSR count). The topological polar surface area (TPSA) is 63.4 Å². The van der Waals surface area contributed by atoms with Gasteiger partial charge in [0.15, 0.2) is 0 Å². The fraction of sp³-hybridized carbons (Fsp3) is 0.500. The number of thioether (sulfide) groups is 1. The molecule has 0 atom stereocenters. The summed E-state index contributed by atoms with van der Waals surface area (Å²) >= 11 is 1.26. The standard InChI is InChI=1S/C12H17F3N2O2S2/c1-2-17(9-12(13,14)15)21(18,19)8-7-20-11-5-3-10(16)4-6-11/h3-6H,2,7-9,16H2,1H3. The Morgan fingerprint density at radius 1 is 1.24 bits per heavy atom. The Kier molecular flexibility index (Phi) is 6.36. The molecule has 9 heteroatoms. The second kappa shape index (κ2) is 7.37. The Labute approximate surface area is 126 Å². The first-order valence-electron chi connectivity index (χ1n) is 6.17. The van der Waals surface area contributed by atoms with E-state index in [1.54, 1.807) is 24.3 Å². The molecule has 0 unspecified atom stereocenters. The fourth-order valence-electron chi connectivity index (χ4n) is 1.56. The van der Waals surface area contributed by atoms with Crippen molar-refractivity contribution < 1.29 is 21.6 Å². The van der Waals surface area contributed by atoms with E-state index in [2.05, 4.69) is 0 Å². The molecule has 0 aliphatic carbocycles. The highest BCUT2D eigenvalue weighted by atomic mass is 32.2. The number of hydrogen-bond acceptors (Lipinski definition) is 4. The lowest BCUT2D eigenvalue weighted by Gasteiger charge is -2.21. The molecule has 0 aliphatic rings. The summed E-state index contributed by atoms with van der Waals surface area (Å²) in [7, 11) is -3.92. The molecular formula is C12H17F3N2O2S2. The summed E-state index contributed by atoms with van der Waals surface area (Å²) in [5.74, 6) is -0.160. The molecular weight excluding hydrogens is 325 g/mol. The van der Waals surface area contributed by atoms with Crippen molar-refractivity contribution in [2.75, 3.05) is 30.3 Å². The van der Waals surface area contributed by atoms with Gasteiger partial charge in [0.05, 0.1) is 5.75 Å². The van der Waals surface area contributed by atoms with Gasteiger partial charge in [-0.15, -0.1) is 11.8 Å². The van der Waals surface area contributed by atoms with Gasteiger partial charge in [-0.1, -0.05) is 6.92 Å². The summed E-state index contributed by atoms with van der Waals surface area (Å²) in [6, 6.07) is 6.83. The number of nitrogens with zero attached hydrogens (tertiary/aromatic N) is 1. The molecule has 120 valence electrons. The van der Waals surface area contributed by atoms with E-state index in [-0.39, 0.29) is 18.1 Å². The number of nitrogen functional groups attached to an aromatic ring is 1. The van der Waals surface area contributed by atoms with E-state index in [0.717, 1.165) is 4.90 Å². The van der Waals surface area contributed by atoms with Crippen LogP contribution >= 0.6 is 11.8 Å². The zero-order chi connectivity index (χ0) is 16.1. The maximum Gasteiger partial charge on any atom is 0.402 e. The van der Waals surface area contributed by atoms with Crippen LogP contribution in [-0.4, -0.2) is 43.5 Å². The number of anilines is 1. The normalized spacial score (nSPS) is 12.8. The van der Waals surface area contributed by atoms with Gasteiger partial charge in [-0.25, -0.2) is 8.42 Å². The molecule has 0 radical (unpaired) electrons. The molecule has 0 aliphatic heterocycles. The van der Waals surface area contributed by atoms with Crippen LogP contribution < -0.4 is 5.73 Å². The lowest BCUT2D eigenvalue weighted by molar-refractivity contribution is -0.135. The quantitative estimate of drug-likeness (QED) is 0.611. The lowest BCUT2D eigenvalue weighted by Crippen LogP contribution is -2.40. The molecule has 4 nitrogen and oxygen atoms in total. The van der Waals surface area contributed by atoms with Gasteiger partial charge in [-0.2, -0.15) is 17.5 Å². The van der Waals surface area contributed by atoms with Crippen molar-refractivity contribution in [3.8, 4) is 0 Å². The summed E-state index contributed by atoms with van der Waals surface area (Å²) in [6.45, 7) is -0.261. The van der Waals surface area contributed by atoms with Gasteiger partial charge < -0.3 is 5.73 Å². The Hall–Kier alpha value is -0.930. The van der Waals surface area contributed by atoms with Crippen molar-refractivity contribution in [3.05, 3.63) is 24.3 Å². The van der Waals surface area contributed by atoms with Gasteiger partial charge in [0.25, 0.3) is 0 Å². The summed E-state index contributed by atoms with van der Waals surface area (Å²) in [5, 5.41) is 0. The smallest absolute Gasteiger partial charge is 0.399 e. The van der Waals surface area contributed by atoms with Crippen LogP contribution in [0.25, 0.3) is 0 Å². The SMILES string of the molecule is CCN(CC(F)(F)F)S(=O)(=O)CCSc1ccc(N)cc1. The van der Waals surface area contributed by atoms with Crippen LogP contribution in [0, 0.1) is 0 Å². The van der Waals surface area contributed by atoms with Gasteiger partial charge in [0, 0.05) is 22.9 Å². The van der Waals surface area contributed by atoms with Crippen LogP contribution in [0.4, 0.5) is 18.9 Å². The third kappa shape index (κ3) is 6.58. The number of nitrogens with two attached hydrogens (primary N) is 1. The highest BCUT2D eigenvalue weighted by Crippen LogP contribution is 2.22. The van der Waals surface area contributed by atoms with Crippen LogP contribution in [0.2, 0.25) is 0 Å². The summed E-state index contributed by atoms with van der Waals surface area (Å²) < 4.78 is 61.2. The van der Waals surface area contributed by atoms with Crippen LogP contribution in [0.1, 0.15) is 6.92 Å². The Morgan fingerprint density at radius 2 is 1.81 bits per heavy atom. The van der Waals surface area contributed by atoms with Gasteiger partial charge in [-0.3, -0.25) is 0 Å². The summed E-state index contributed by atoms with van der Waals surface area (Å²) in [4.78, 5) is 0.818. The molecule has 0 spiro atoms. The van der Waals surface area contributed by atoms with E-state index < -0.39 is 22.7 Å². The van der Waals surface area contributed by atoms with Gasteiger partial charge in [0.1, 0.15) is 6.54 Å². The average Bonchev–Trinajstić information content (AvgIpc) is 2.37. The minimum absolute atomic E-state index is 0.181. The second-order valence-electron chi connectivity index (χ2n) is 4.27. The summed E-state index contributed by atoms with van der Waals surface area (Å²) in [5.41, 5.74) is 6.11. The van der Waals surface area contributed by atoms with Crippen molar-refractivity contribution in [2.24, 2.45) is 0 Å². The molecule has 21 heavy (non-hydrogen) atoms. The van der Waals surface area contributed by atoms with E-state index in [1.165, 1.54) is 18.7 Å². The molecule has 0 saturated carbocycles. The first kappa shape index (κ1) is 18.1. The number of hydrogen-bond donors (Lipinski definition) is 1. The van der Waals surface area contributed by atoms with Gasteiger partial charge in [-0.05, 0) is 24.3 Å². The van der Waals surface area contributed by atoms with Crippen molar-refractivity contribution >= 4 is 27.5 Å². The molecule has 0 amide bonds. The van der Waals surface area contributed by atoms with Gasteiger partial charge in [0.2, 0.25) is 10.0 Å². The molecule has 0 bridgehead atoms. The minimum atomic E-state index is -4.53. The van der Waals surface area contributed by atoms with Crippen molar-refractivity contribution in [1.82, 2.24) is 4.31 Å². The maximum absolute atomic E-state index is 12.3. The molecule has 0 fully saturated rings. The van der Waals surface area contributed by atoms with Crippen molar-refractivity contribution in [3.63, 3.8) is 0 Å². The predicted octanol–water partition coefficient (Wildman–Crippen LogP) is 2.57. The van der Waals surface area contributed by atoms with E-state index in [9.17, 15) is 21.6 Å². The molecule has 0 heterocycles. The first-order chi connectivity index (χ1) is 9.64. The average molecular weight is 342 g/mol. The number of rotatable bonds is 7. The minimum Gasteiger partial charge on any atom is -0.399 e. The fourth-order valence-corrected chi connectivity index (χ4v) is 4.30. The highest BCUT2D eigenvalue weighted by molar-refractivity contribution is 8.00. The maximum atomic E-state index is 12.3. The predicted molar refractivity (Wildman–Crippen MR) is 78.7 cm³/mol. The number of sulfonamides is 1. The van der Waals surface area contributed by atoms with Crippen molar-refractivity contribution in [2.45, 2.75) is 18.0 Å². The highest BCUT2D eigenvalue weighted by Gasteiger charge is 2.35. The van der Waals surface area contributed by atoms with Crippen LogP contribution in [-0.2, 0) is 10.0 Å². The monoisotopic (exact) mass is 342 g/mol. The Balaban J connectivity index is 2.57. The number of halogens is 3. The largest absolute Gasteiger partial charge is 0.402 e. The third-order valence-corrected chi connectivity index (χ3v) is 5.76. The summed E-state index contributed by atoms with van der Waals surface area (Å²) in [6.07, 6.45) is -4.53. The van der Waals surface area contributed by atoms with Crippen molar-refractivity contribution in [1.29, 1.82) is 0 Å². The molecule has 0 saturated heterocycles. The Bertz CT molecular complexity index is 545. The van der Waals surface area contributed by atoms with Crippen LogP contribution in [0.5, 0.6) is 0 Å². The lowest BCUT2D eigenvalue weighted by atomic mass is 10.3. The third-order valence-electron chi connectivity index (χ3n) is 2.59. The van der Waals surface area contributed by atoms with Gasteiger partial charge >= 0.3 is 6.18 Å². The molecule has 1 aromatic carbocycles. The van der Waals surface area contributed by atoms with E-state index in [0.29, 0.717) is 9.99 Å². The van der Waals surface area contributed by atoms with Crippen LogP contribution in [0.3, 0.4) is 0 Å². The van der Waals surface area contributed by atoms with E-state index in [4.69, 9.17) is 5.73 Å². The molecule has 1 aromatic rings. The Morgan fingerprint density at radius 3 is 2.29 bits per heavy atom. The molecule has 0 aromatic heterocycles. The second-order valence-corrected chi connectivity index (χ2v) is 7.53.